The third-order valence-electron chi connectivity index (χ3n) is 1.38. The molecule has 0 aliphatic rings. The molecule has 0 fully saturated rings. The Labute approximate surface area is 84.2 Å². The number of hydrogen-bond donors (Lipinski definition) is 0. The Bertz CT molecular complexity index is 203. The molecule has 0 aliphatic carbocycles. The van der Waals surface area contributed by atoms with Gasteiger partial charge in [-0.3, -0.25) is 4.57 Å². The van der Waals surface area contributed by atoms with Crippen molar-refractivity contribution in [1.29, 1.82) is 0 Å². The zero-order chi connectivity index (χ0) is 11.2. The van der Waals surface area contributed by atoms with Crippen molar-refractivity contribution < 1.29 is 28.5 Å². The third kappa shape index (κ3) is 8.19. The van der Waals surface area contributed by atoms with Crippen molar-refractivity contribution >= 4 is 14.7 Å². The van der Waals surface area contributed by atoms with Gasteiger partial charge >= 0.3 is 0 Å². The minimum atomic E-state index is -1.48. The van der Waals surface area contributed by atoms with Crippen LogP contribution in [0.4, 0.5) is 0 Å². The molecule has 0 spiro atoms. The first-order valence-corrected chi connectivity index (χ1v) is 5.05. The molecule has 0 aromatic carbocycles. The van der Waals surface area contributed by atoms with E-state index < -0.39 is 20.8 Å². The van der Waals surface area contributed by atoms with Crippen LogP contribution in [0.15, 0.2) is 0 Å². The Morgan fingerprint density at radius 1 is 1.50 bits per heavy atom. The van der Waals surface area contributed by atoms with Crippen molar-refractivity contribution in [2.24, 2.45) is 0 Å². The van der Waals surface area contributed by atoms with Crippen molar-refractivity contribution in [3.05, 3.63) is 0 Å². The Morgan fingerprint density at radius 3 is 2.43 bits per heavy atom. The lowest BCUT2D eigenvalue weighted by Gasteiger charge is -2.28. The van der Waals surface area contributed by atoms with E-state index >= 15 is 0 Å². The molecular weight excluding hydrogens is 209 g/mol. The maximum absolute atomic E-state index is 10.3. The van der Waals surface area contributed by atoms with Crippen molar-refractivity contribution in [3.8, 4) is 0 Å². The van der Waals surface area contributed by atoms with Gasteiger partial charge in [-0.1, -0.05) is 0 Å². The van der Waals surface area contributed by atoms with Gasteiger partial charge < -0.3 is 14.4 Å². The van der Waals surface area contributed by atoms with E-state index in [4.69, 9.17) is 0 Å². The number of carbonyl (C=O) groups excluding carboxylic acids is 1. The summed E-state index contributed by atoms with van der Waals surface area (Å²) in [7, 11) is 4.17. The second-order valence-corrected chi connectivity index (χ2v) is 4.34. The van der Waals surface area contributed by atoms with E-state index in [1.54, 1.807) is 0 Å². The van der Waals surface area contributed by atoms with Crippen LogP contribution in [0.3, 0.4) is 0 Å². The van der Waals surface area contributed by atoms with Crippen LogP contribution >= 0.6 is 8.69 Å². The van der Waals surface area contributed by atoms with Crippen LogP contribution in [-0.2, 0) is 18.9 Å². The molecule has 2 atom stereocenters. The number of hydrogen-bond acceptors (Lipinski definition) is 5. The minimum Gasteiger partial charge on any atom is -0.550 e. The van der Waals surface area contributed by atoms with Gasteiger partial charge in [-0.15, -0.1) is 0 Å². The topological polar surface area (TPSA) is 75.7 Å². The summed E-state index contributed by atoms with van der Waals surface area (Å²) in [5.74, 6) is -1.21. The number of nitrogens with zero attached hydrogens (tertiary/aromatic N) is 1. The van der Waals surface area contributed by atoms with Gasteiger partial charge in [-0.2, -0.15) is 4.67 Å². The van der Waals surface area contributed by atoms with Crippen LogP contribution < -0.4 is 5.11 Å². The molecule has 14 heavy (non-hydrogen) atoms. The number of carbonyl (C=O) groups is 1. The Morgan fingerprint density at radius 2 is 2.07 bits per heavy atom. The summed E-state index contributed by atoms with van der Waals surface area (Å²) >= 11 is 0. The van der Waals surface area contributed by atoms with E-state index in [2.05, 4.69) is 9.56 Å². The van der Waals surface area contributed by atoms with Crippen molar-refractivity contribution in [1.82, 2.24) is 0 Å². The summed E-state index contributed by atoms with van der Waals surface area (Å²) < 4.78 is 14.8. The average molecular weight is 225 g/mol. The molecule has 0 N–H and O–H groups in total. The van der Waals surface area contributed by atoms with E-state index in [1.165, 1.54) is 0 Å². The lowest BCUT2D eigenvalue weighted by molar-refractivity contribution is -0.874. The fraction of sp³-hybridized carbons (Fsp3) is 0.857. The Balaban J connectivity index is 4.09. The summed E-state index contributed by atoms with van der Waals surface area (Å²) in [6.45, 7) is 0.438. The summed E-state index contributed by atoms with van der Waals surface area (Å²) in [6.07, 6.45) is -0.906. The average Bonchev–Trinajstić information content (AvgIpc) is 1.96. The number of aliphatic carboxylic acids is 1. The molecule has 0 saturated carbocycles. The maximum atomic E-state index is 10.3. The zero-order valence-electron chi connectivity index (χ0n) is 8.56. The van der Waals surface area contributed by atoms with Gasteiger partial charge in [-0.05, 0) is 0 Å². The first kappa shape index (κ1) is 13.6. The van der Waals surface area contributed by atoms with Crippen LogP contribution in [0.25, 0.3) is 0 Å². The summed E-state index contributed by atoms with van der Waals surface area (Å²) in [6, 6.07) is 0. The number of rotatable bonds is 7. The van der Waals surface area contributed by atoms with E-state index in [1.807, 2.05) is 21.1 Å². The number of carboxylic acids is 1. The molecule has 84 valence electrons. The lowest BCUT2D eigenvalue weighted by atomic mass is 10.2. The smallest absolute Gasteiger partial charge is 0.214 e. The molecular formula is C7H16NO5P. The second kappa shape index (κ2) is 6.14. The molecule has 0 rings (SSSR count). The highest BCUT2D eigenvalue weighted by molar-refractivity contribution is 7.17. The highest BCUT2D eigenvalue weighted by Gasteiger charge is 2.19. The molecule has 0 radical (unpaired) electrons. The Kier molecular flexibility index (Phi) is 5.95. The number of quaternary nitrogens is 1. The predicted octanol–water partition coefficient (Wildman–Crippen LogP) is -1.18. The highest BCUT2D eigenvalue weighted by atomic mass is 31.1. The summed E-state index contributed by atoms with van der Waals surface area (Å²) in [5.41, 5.74) is 0. The highest BCUT2D eigenvalue weighted by Crippen LogP contribution is 2.08. The van der Waals surface area contributed by atoms with Gasteiger partial charge in [-0.25, -0.2) is 4.89 Å². The molecule has 0 aromatic heterocycles. The number of likely N-dealkylation sites (N-methyl/N-ethyl adjacent to an activating group) is 1. The van der Waals surface area contributed by atoms with Crippen LogP contribution in [0.2, 0.25) is 0 Å². The van der Waals surface area contributed by atoms with Crippen LogP contribution in [0, 0.1) is 0 Å². The molecule has 0 aliphatic heterocycles. The third-order valence-corrected chi connectivity index (χ3v) is 1.57. The van der Waals surface area contributed by atoms with E-state index in [0.717, 1.165) is 0 Å². The van der Waals surface area contributed by atoms with Gasteiger partial charge in [0.1, 0.15) is 12.6 Å². The van der Waals surface area contributed by atoms with Gasteiger partial charge in [0.25, 0.3) is 0 Å². The monoisotopic (exact) mass is 225 g/mol. The predicted molar refractivity (Wildman–Crippen MR) is 48.9 cm³/mol. The SMILES string of the molecule is C[N+](C)(C)CC(CC(=O)[O-])OO[PH2]=O. The lowest BCUT2D eigenvalue weighted by Crippen LogP contribution is -2.44. The fourth-order valence-corrected chi connectivity index (χ4v) is 1.23. The molecule has 0 aromatic rings. The first-order valence-electron chi connectivity index (χ1n) is 4.11. The van der Waals surface area contributed by atoms with Crippen LogP contribution in [-0.4, -0.2) is 44.2 Å². The van der Waals surface area contributed by atoms with Gasteiger partial charge in [0.15, 0.2) is 0 Å². The van der Waals surface area contributed by atoms with E-state index in [-0.39, 0.29) is 6.42 Å². The molecule has 0 heterocycles. The molecule has 0 saturated heterocycles. The van der Waals surface area contributed by atoms with E-state index in [9.17, 15) is 14.5 Å². The minimum absolute atomic E-state index is 0.269. The zero-order valence-corrected chi connectivity index (χ0v) is 9.71. The molecule has 7 heteroatoms. The van der Waals surface area contributed by atoms with E-state index in [0.29, 0.717) is 11.0 Å². The largest absolute Gasteiger partial charge is 0.550 e. The molecule has 6 nitrogen and oxygen atoms in total. The van der Waals surface area contributed by atoms with Crippen LogP contribution in [0.5, 0.6) is 0 Å². The van der Waals surface area contributed by atoms with Crippen molar-refractivity contribution in [2.75, 3.05) is 27.7 Å². The summed E-state index contributed by atoms with van der Waals surface area (Å²) in [5, 5.41) is 10.3. The van der Waals surface area contributed by atoms with Gasteiger partial charge in [0.05, 0.1) is 21.1 Å². The van der Waals surface area contributed by atoms with Gasteiger partial charge in [0.2, 0.25) is 8.69 Å². The normalized spacial score (nSPS) is 14.8. The molecule has 0 amide bonds. The number of carboxylic acid groups (broad SMARTS) is 1. The quantitative estimate of drug-likeness (QED) is 0.236. The van der Waals surface area contributed by atoms with Crippen molar-refractivity contribution in [3.63, 3.8) is 0 Å². The maximum Gasteiger partial charge on any atom is 0.214 e. The molecule has 2 unspecified atom stereocenters. The van der Waals surface area contributed by atoms with Crippen LogP contribution in [0.1, 0.15) is 6.42 Å². The second-order valence-electron chi connectivity index (χ2n) is 3.96. The standard InChI is InChI=1S/C7H16NO5P/c1-8(2,3)5-6(4-7(9)10)12-13-14-11/h6H,4-5,14H2,1-3H3. The molecule has 0 bridgehead atoms. The van der Waals surface area contributed by atoms with Crippen molar-refractivity contribution in [2.45, 2.75) is 12.5 Å². The fourth-order valence-electron chi connectivity index (χ4n) is 1.03. The Hall–Kier alpha value is -0.420. The summed E-state index contributed by atoms with van der Waals surface area (Å²) in [4.78, 5) is 15.0. The van der Waals surface area contributed by atoms with Gasteiger partial charge in [0, 0.05) is 12.4 Å². The first-order chi connectivity index (χ1) is 6.35.